The average Bonchev–Trinajstić information content (AvgIpc) is 2.80. The number of hydrogen-bond acceptors (Lipinski definition) is 6. The molecule has 9 nitrogen and oxygen atoms in total. The number of aromatic nitrogens is 3. The second kappa shape index (κ2) is 6.81. The molecule has 0 aromatic carbocycles. The van der Waals surface area contributed by atoms with Gasteiger partial charge in [-0.15, -0.1) is 4.73 Å². The summed E-state index contributed by atoms with van der Waals surface area (Å²) in [5.74, 6) is -2.62. The second-order valence-electron chi connectivity index (χ2n) is 4.69. The Morgan fingerprint density at radius 1 is 1.22 bits per heavy atom. The second-order valence-corrected chi connectivity index (χ2v) is 4.69. The molecule has 124 valence electrons. The fourth-order valence-electron chi connectivity index (χ4n) is 1.84. The molecular weight excluding hydrogens is 313 g/mol. The number of aryl methyl sites for hydroxylation is 1. The average molecular weight is 327 g/mol. The van der Waals surface area contributed by atoms with Gasteiger partial charge < -0.3 is 15.1 Å². The molecule has 0 unspecified atom stereocenters. The zero-order valence-corrected chi connectivity index (χ0v) is 11.9. The summed E-state index contributed by atoms with van der Waals surface area (Å²) in [5, 5.41) is 18.6. The van der Waals surface area contributed by atoms with Crippen molar-refractivity contribution >= 4 is 5.97 Å². The van der Waals surface area contributed by atoms with E-state index >= 15 is 0 Å². The minimum Gasteiger partial charge on any atom is -0.492 e. The minimum absolute atomic E-state index is 0.0440. The molecule has 0 saturated carbocycles. The smallest absolute Gasteiger partial charge is 0.333 e. The third-order valence-electron chi connectivity index (χ3n) is 2.99. The van der Waals surface area contributed by atoms with Gasteiger partial charge in [-0.1, -0.05) is 0 Å². The molecule has 0 spiro atoms. The normalized spacial score (nSPS) is 10.7. The van der Waals surface area contributed by atoms with Crippen LogP contribution in [-0.2, 0) is 11.3 Å². The zero-order valence-electron chi connectivity index (χ0n) is 11.9. The number of unbranched alkanes of at least 4 members (excludes halogenated alkanes) is 1. The first-order valence-electron chi connectivity index (χ1n) is 6.68. The van der Waals surface area contributed by atoms with Gasteiger partial charge in [0.25, 0.3) is 5.56 Å². The molecule has 2 heterocycles. The number of aromatic amines is 1. The van der Waals surface area contributed by atoms with Crippen LogP contribution in [0.25, 0.3) is 0 Å². The van der Waals surface area contributed by atoms with Gasteiger partial charge in [0, 0.05) is 25.1 Å². The maximum Gasteiger partial charge on any atom is 0.333 e. The predicted molar refractivity (Wildman–Crippen MR) is 74.5 cm³/mol. The lowest BCUT2D eigenvalue weighted by Crippen LogP contribution is -2.31. The maximum atomic E-state index is 13.1. The van der Waals surface area contributed by atoms with E-state index < -0.39 is 34.8 Å². The Hall–Kier alpha value is -3.04. The highest BCUT2D eigenvalue weighted by Gasteiger charge is 2.12. The molecule has 2 aromatic heterocycles. The van der Waals surface area contributed by atoms with Crippen molar-refractivity contribution in [1.82, 2.24) is 14.3 Å². The van der Waals surface area contributed by atoms with Crippen LogP contribution in [0, 0.1) is 5.82 Å². The molecule has 0 aliphatic heterocycles. The van der Waals surface area contributed by atoms with E-state index in [4.69, 9.17) is 4.84 Å². The molecule has 23 heavy (non-hydrogen) atoms. The lowest BCUT2D eigenvalue weighted by molar-refractivity contribution is -0.145. The van der Waals surface area contributed by atoms with Crippen molar-refractivity contribution in [1.29, 1.82) is 0 Å². The topological polar surface area (TPSA) is 127 Å². The number of aromatic hydroxyl groups is 2. The van der Waals surface area contributed by atoms with Crippen LogP contribution in [0.5, 0.6) is 11.8 Å². The zero-order chi connectivity index (χ0) is 17.0. The van der Waals surface area contributed by atoms with Crippen molar-refractivity contribution in [2.24, 2.45) is 0 Å². The van der Waals surface area contributed by atoms with Crippen LogP contribution in [0.4, 0.5) is 4.39 Å². The number of hydrogen-bond donors (Lipinski definition) is 3. The number of carbonyl (C=O) groups is 1. The van der Waals surface area contributed by atoms with Crippen molar-refractivity contribution in [2.45, 2.75) is 25.8 Å². The summed E-state index contributed by atoms with van der Waals surface area (Å²) in [7, 11) is 0. The minimum atomic E-state index is -1.08. The molecule has 0 aliphatic carbocycles. The molecule has 2 rings (SSSR count). The van der Waals surface area contributed by atoms with Gasteiger partial charge in [0.05, 0.1) is 6.20 Å². The fourth-order valence-corrected chi connectivity index (χ4v) is 1.84. The number of H-pyrrole nitrogens is 1. The Kier molecular flexibility index (Phi) is 4.84. The predicted octanol–water partition coefficient (Wildman–Crippen LogP) is -0.286. The van der Waals surface area contributed by atoms with Gasteiger partial charge in [0.2, 0.25) is 17.6 Å². The van der Waals surface area contributed by atoms with Gasteiger partial charge in [0.15, 0.2) is 0 Å². The van der Waals surface area contributed by atoms with Crippen LogP contribution < -0.4 is 16.1 Å². The lowest BCUT2D eigenvalue weighted by atomic mass is 10.2. The van der Waals surface area contributed by atoms with Crippen molar-refractivity contribution in [3.8, 4) is 11.8 Å². The van der Waals surface area contributed by atoms with Crippen LogP contribution in [0.1, 0.15) is 19.3 Å². The summed E-state index contributed by atoms with van der Waals surface area (Å²) in [6.07, 6.45) is 1.42. The van der Waals surface area contributed by atoms with Gasteiger partial charge in [0.1, 0.15) is 0 Å². The summed E-state index contributed by atoms with van der Waals surface area (Å²) in [4.78, 5) is 40.4. The summed E-state index contributed by atoms with van der Waals surface area (Å²) in [5.41, 5.74) is -1.82. The molecule has 0 aliphatic rings. The lowest BCUT2D eigenvalue weighted by Gasteiger charge is -2.07. The highest BCUT2D eigenvalue weighted by Crippen LogP contribution is 2.18. The molecular formula is C13H14FN3O6. The van der Waals surface area contributed by atoms with Crippen LogP contribution in [0.15, 0.2) is 27.9 Å². The summed E-state index contributed by atoms with van der Waals surface area (Å²) < 4.78 is 14.6. The van der Waals surface area contributed by atoms with Crippen molar-refractivity contribution < 1.29 is 24.2 Å². The van der Waals surface area contributed by atoms with Crippen LogP contribution in [-0.4, -0.2) is 30.5 Å². The summed E-state index contributed by atoms with van der Waals surface area (Å²) in [6, 6.07) is 2.31. The molecule has 10 heteroatoms. The van der Waals surface area contributed by atoms with Gasteiger partial charge in [-0.2, -0.15) is 4.39 Å². The molecule has 0 saturated heterocycles. The maximum absolute atomic E-state index is 13.1. The highest BCUT2D eigenvalue weighted by molar-refractivity contribution is 5.69. The third kappa shape index (κ3) is 3.99. The number of nitrogens with zero attached hydrogens (tertiary/aromatic N) is 2. The van der Waals surface area contributed by atoms with E-state index in [1.165, 1.54) is 0 Å². The van der Waals surface area contributed by atoms with E-state index in [0.29, 0.717) is 17.6 Å². The van der Waals surface area contributed by atoms with E-state index in [1.807, 2.05) is 4.98 Å². The summed E-state index contributed by atoms with van der Waals surface area (Å²) in [6.45, 7) is 0.111. The standard InChI is InChI=1S/C13H14FN3O6/c14-8-7-16(13(22)15-12(8)21)6-2-1-3-11(20)23-17-9(18)4-5-10(17)19/h4-5,7,18-19H,1-3,6H2,(H,15,21,22). The molecule has 0 radical (unpaired) electrons. The molecule has 0 bridgehead atoms. The summed E-state index contributed by atoms with van der Waals surface area (Å²) >= 11 is 0. The number of nitrogens with one attached hydrogen (secondary N) is 1. The molecule has 0 atom stereocenters. The fraction of sp³-hybridized carbons (Fsp3) is 0.308. The van der Waals surface area contributed by atoms with Crippen molar-refractivity contribution in [3.63, 3.8) is 0 Å². The van der Waals surface area contributed by atoms with Gasteiger partial charge in [-0.3, -0.25) is 14.3 Å². The number of halogens is 1. The van der Waals surface area contributed by atoms with Gasteiger partial charge in [-0.25, -0.2) is 9.59 Å². The van der Waals surface area contributed by atoms with Crippen LogP contribution >= 0.6 is 0 Å². The molecule has 0 fully saturated rings. The monoisotopic (exact) mass is 327 g/mol. The third-order valence-corrected chi connectivity index (χ3v) is 2.99. The van der Waals surface area contributed by atoms with E-state index in [-0.39, 0.29) is 13.0 Å². The van der Waals surface area contributed by atoms with Crippen LogP contribution in [0.3, 0.4) is 0 Å². The number of carbonyl (C=O) groups excluding carboxylic acids is 1. The van der Waals surface area contributed by atoms with Crippen molar-refractivity contribution in [3.05, 3.63) is 45.0 Å². The Morgan fingerprint density at radius 3 is 2.52 bits per heavy atom. The molecule has 2 aromatic rings. The van der Waals surface area contributed by atoms with Gasteiger partial charge >= 0.3 is 11.7 Å². The molecule has 3 N–H and O–H groups in total. The Balaban J connectivity index is 1.82. The largest absolute Gasteiger partial charge is 0.492 e. The first kappa shape index (κ1) is 16.3. The first-order valence-corrected chi connectivity index (χ1v) is 6.68. The van der Waals surface area contributed by atoms with Crippen molar-refractivity contribution in [2.75, 3.05) is 0 Å². The Morgan fingerprint density at radius 2 is 1.87 bits per heavy atom. The van der Waals surface area contributed by atoms with E-state index in [2.05, 4.69) is 0 Å². The Bertz CT molecular complexity index is 802. The van der Waals surface area contributed by atoms with E-state index in [0.717, 1.165) is 22.9 Å². The quantitative estimate of drug-likeness (QED) is 0.626. The van der Waals surface area contributed by atoms with Gasteiger partial charge in [-0.05, 0) is 12.8 Å². The van der Waals surface area contributed by atoms with E-state index in [9.17, 15) is 29.0 Å². The first-order chi connectivity index (χ1) is 10.9. The Labute approximate surface area is 128 Å². The van der Waals surface area contributed by atoms with E-state index in [1.54, 1.807) is 0 Å². The number of rotatable bonds is 6. The van der Waals surface area contributed by atoms with Crippen LogP contribution in [0.2, 0.25) is 0 Å². The highest BCUT2D eigenvalue weighted by atomic mass is 19.1. The SMILES string of the molecule is O=C(CCCCn1cc(F)c(=O)[nH]c1=O)On1c(O)ccc1O. The molecule has 0 amide bonds.